The van der Waals surface area contributed by atoms with Gasteiger partial charge in [0.1, 0.15) is 0 Å². The van der Waals surface area contributed by atoms with Gasteiger partial charge in [0.25, 0.3) is 0 Å². The van der Waals surface area contributed by atoms with Crippen LogP contribution in [0.1, 0.15) is 5.56 Å². The fraction of sp³-hybridized carbons (Fsp3) is 0.118. The zero-order valence-electron chi connectivity index (χ0n) is 12.4. The van der Waals surface area contributed by atoms with Crippen molar-refractivity contribution in [2.24, 2.45) is 0 Å². The van der Waals surface area contributed by atoms with Crippen LogP contribution in [-0.4, -0.2) is 28.2 Å². The van der Waals surface area contributed by atoms with Crippen LogP contribution in [0, 0.1) is 8.98 Å². The summed E-state index contributed by atoms with van der Waals surface area (Å²) in [4.78, 5) is 11.2. The molecule has 0 atom stereocenters. The molecule has 2 aromatic carbocycles. The molecule has 4 nitrogen and oxygen atoms in total. The van der Waals surface area contributed by atoms with Gasteiger partial charge in [-0.2, -0.15) is 0 Å². The van der Waals surface area contributed by atoms with Crippen molar-refractivity contribution >= 4 is 22.9 Å². The number of nitrogens with one attached hydrogen (secondary N) is 2. The van der Waals surface area contributed by atoms with Crippen molar-refractivity contribution in [3.8, 4) is 11.1 Å². The Bertz CT molecular complexity index is 845. The predicted octanol–water partition coefficient (Wildman–Crippen LogP) is 0.225. The second-order valence-corrected chi connectivity index (χ2v) is 7.09. The van der Waals surface area contributed by atoms with Gasteiger partial charge in [0.05, 0.1) is 0 Å². The maximum absolute atomic E-state index is 7.48. The molecule has 5 heteroatoms. The molecule has 0 fully saturated rings. The molecule has 0 unspecified atom stereocenters. The summed E-state index contributed by atoms with van der Waals surface area (Å²) in [6, 6.07) is 10.4. The van der Waals surface area contributed by atoms with E-state index in [1.807, 2.05) is 19.2 Å². The van der Waals surface area contributed by atoms with Crippen molar-refractivity contribution in [1.29, 1.82) is 5.41 Å². The Morgan fingerprint density at radius 1 is 1.14 bits per heavy atom. The fourth-order valence-electron chi connectivity index (χ4n) is 2.44. The van der Waals surface area contributed by atoms with Gasteiger partial charge in [0, 0.05) is 0 Å². The molecule has 22 heavy (non-hydrogen) atoms. The third-order valence-electron chi connectivity index (χ3n) is 3.55. The number of rotatable bonds is 4. The minimum absolute atomic E-state index is 0.0151. The van der Waals surface area contributed by atoms with E-state index in [0.29, 0.717) is 0 Å². The maximum atomic E-state index is 7.48. The Balaban J connectivity index is 2.27. The Morgan fingerprint density at radius 2 is 1.95 bits per heavy atom. The molecule has 1 aromatic heterocycles. The van der Waals surface area contributed by atoms with E-state index in [1.165, 1.54) is 9.78 Å². The van der Waals surface area contributed by atoms with Crippen LogP contribution < -0.4 is 26.5 Å². The molecule has 0 bridgehead atoms. The van der Waals surface area contributed by atoms with Crippen molar-refractivity contribution < 1.29 is 21.2 Å². The number of fused-ring (bicyclic) bond motifs is 1. The number of halogens is 1. The average Bonchev–Trinajstić information content (AvgIpc) is 2.60. The number of alkyl halides is 1. The first-order valence-corrected chi connectivity index (χ1v) is 10.1. The molecule has 0 saturated carbocycles. The van der Waals surface area contributed by atoms with Crippen molar-refractivity contribution in [2.45, 2.75) is 0 Å². The second kappa shape index (κ2) is 6.39. The summed E-state index contributed by atoms with van der Waals surface area (Å²) < 4.78 is 1.35. The molecule has 3 rings (SSSR count). The summed E-state index contributed by atoms with van der Waals surface area (Å²) in [6.07, 6.45) is 4.83. The summed E-state index contributed by atoms with van der Waals surface area (Å²) in [5.74, 6) is 0. The Kier molecular flexibility index (Phi) is 4.33. The summed E-state index contributed by atoms with van der Waals surface area (Å²) in [7, 11) is 1.87. The number of benzene rings is 2. The average molecular weight is 403 g/mol. The Hall–Kier alpha value is -2.02. The SMILES string of the molecule is CNc1cc(-c2cc([I-]C)cc3nccnc23)ccc1C=N. The third kappa shape index (κ3) is 2.68. The molecular formula is C17H16IN4-. The standard InChI is InChI=1S/C17H16IN4/c1-18-13-8-14(17-16(9-13)21-5-6-22-17)11-3-4-12(10-19)15(7-11)20-2/h3-10,19-20H,1-2H3/q-1. The summed E-state index contributed by atoms with van der Waals surface area (Å²) in [6.45, 7) is 0. The normalized spacial score (nSPS) is 10.8. The van der Waals surface area contributed by atoms with Crippen molar-refractivity contribution in [1.82, 2.24) is 9.97 Å². The summed E-state index contributed by atoms with van der Waals surface area (Å²) in [5, 5.41) is 10.6. The van der Waals surface area contributed by atoms with Crippen LogP contribution in [0.4, 0.5) is 5.69 Å². The van der Waals surface area contributed by atoms with Gasteiger partial charge in [-0.3, -0.25) is 0 Å². The monoisotopic (exact) mass is 403 g/mol. The van der Waals surface area contributed by atoms with Gasteiger partial charge in [-0.15, -0.1) is 0 Å². The van der Waals surface area contributed by atoms with Crippen molar-refractivity contribution in [2.75, 3.05) is 17.3 Å². The number of aromatic nitrogens is 2. The van der Waals surface area contributed by atoms with E-state index in [9.17, 15) is 0 Å². The van der Waals surface area contributed by atoms with Crippen LogP contribution in [0.15, 0.2) is 42.7 Å². The molecule has 0 aliphatic carbocycles. The van der Waals surface area contributed by atoms with E-state index in [2.05, 4.69) is 38.4 Å². The molecule has 112 valence electrons. The molecule has 3 aromatic rings. The van der Waals surface area contributed by atoms with E-state index >= 15 is 0 Å². The fourth-order valence-corrected chi connectivity index (χ4v) is 3.66. The van der Waals surface area contributed by atoms with Crippen molar-refractivity contribution in [3.63, 3.8) is 0 Å². The predicted molar refractivity (Wildman–Crippen MR) is 87.0 cm³/mol. The van der Waals surface area contributed by atoms with E-state index in [0.717, 1.165) is 33.4 Å². The first-order chi connectivity index (χ1) is 10.8. The van der Waals surface area contributed by atoms with Gasteiger partial charge in [-0.05, 0) is 0 Å². The van der Waals surface area contributed by atoms with Gasteiger partial charge in [0.2, 0.25) is 0 Å². The van der Waals surface area contributed by atoms with Crippen molar-refractivity contribution in [3.05, 3.63) is 51.9 Å². The molecule has 0 aliphatic heterocycles. The van der Waals surface area contributed by atoms with Gasteiger partial charge in [-0.1, -0.05) is 0 Å². The number of nitrogens with zero attached hydrogens (tertiary/aromatic N) is 2. The van der Waals surface area contributed by atoms with Gasteiger partial charge in [0.15, 0.2) is 0 Å². The van der Waals surface area contributed by atoms with E-state index < -0.39 is 0 Å². The van der Waals surface area contributed by atoms with E-state index in [1.54, 1.807) is 12.4 Å². The van der Waals surface area contributed by atoms with Gasteiger partial charge >= 0.3 is 140 Å². The van der Waals surface area contributed by atoms with Crippen LogP contribution in [0.2, 0.25) is 0 Å². The minimum atomic E-state index is -0.0151. The van der Waals surface area contributed by atoms with Crippen LogP contribution in [-0.2, 0) is 0 Å². The molecule has 0 amide bonds. The van der Waals surface area contributed by atoms with Crippen LogP contribution >= 0.6 is 0 Å². The summed E-state index contributed by atoms with van der Waals surface area (Å²) in [5.41, 5.74) is 5.89. The van der Waals surface area contributed by atoms with Gasteiger partial charge < -0.3 is 0 Å². The third-order valence-corrected chi connectivity index (χ3v) is 5.41. The van der Waals surface area contributed by atoms with E-state index in [4.69, 9.17) is 5.41 Å². The molecule has 0 aliphatic rings. The molecule has 0 saturated heterocycles. The van der Waals surface area contributed by atoms with E-state index in [-0.39, 0.29) is 21.2 Å². The zero-order chi connectivity index (χ0) is 15.5. The summed E-state index contributed by atoms with van der Waals surface area (Å²) >= 11 is -0.0151. The number of hydrogen-bond acceptors (Lipinski definition) is 4. The first kappa shape index (κ1) is 14.9. The molecular weight excluding hydrogens is 387 g/mol. The van der Waals surface area contributed by atoms with Crippen LogP contribution in [0.5, 0.6) is 0 Å². The second-order valence-electron chi connectivity index (χ2n) is 4.76. The topological polar surface area (TPSA) is 61.7 Å². The van der Waals surface area contributed by atoms with Crippen LogP contribution in [0.3, 0.4) is 0 Å². The molecule has 2 N–H and O–H groups in total. The molecule has 0 spiro atoms. The number of anilines is 1. The Labute approximate surface area is 139 Å². The molecule has 1 heterocycles. The Morgan fingerprint density at radius 3 is 2.68 bits per heavy atom. The number of hydrogen-bond donors (Lipinski definition) is 2. The zero-order valence-corrected chi connectivity index (χ0v) is 14.5. The first-order valence-electron chi connectivity index (χ1n) is 6.83. The molecule has 0 radical (unpaired) electrons. The quantitative estimate of drug-likeness (QED) is 0.373. The van der Waals surface area contributed by atoms with Crippen LogP contribution in [0.25, 0.3) is 22.2 Å². The van der Waals surface area contributed by atoms with Gasteiger partial charge in [-0.25, -0.2) is 0 Å².